The van der Waals surface area contributed by atoms with E-state index >= 15 is 0 Å². The lowest BCUT2D eigenvalue weighted by Crippen LogP contribution is -2.40. The average molecular weight is 186 g/mol. The van der Waals surface area contributed by atoms with Crippen LogP contribution in [0.3, 0.4) is 0 Å². The molecule has 0 radical (unpaired) electrons. The number of cyclic esters (lactones) is 1. The molecule has 2 unspecified atom stereocenters. The number of amides is 1. The second kappa shape index (κ2) is 3.93. The highest BCUT2D eigenvalue weighted by Gasteiger charge is 2.26. The minimum absolute atomic E-state index is 0.0163. The van der Waals surface area contributed by atoms with Crippen molar-refractivity contribution in [3.8, 4) is 0 Å². The van der Waals surface area contributed by atoms with Gasteiger partial charge in [0, 0.05) is 19.5 Å². The van der Waals surface area contributed by atoms with Gasteiger partial charge >= 0.3 is 6.09 Å². The lowest BCUT2D eigenvalue weighted by Gasteiger charge is -2.24. The first kappa shape index (κ1) is 8.77. The van der Waals surface area contributed by atoms with Gasteiger partial charge in [-0.3, -0.25) is 0 Å². The maximum absolute atomic E-state index is 10.7. The summed E-state index contributed by atoms with van der Waals surface area (Å²) < 4.78 is 10.5. The Kier molecular flexibility index (Phi) is 2.65. The van der Waals surface area contributed by atoms with Gasteiger partial charge in [0.2, 0.25) is 0 Å². The maximum atomic E-state index is 10.7. The summed E-state index contributed by atoms with van der Waals surface area (Å²) in [7, 11) is 0. The van der Waals surface area contributed by atoms with Gasteiger partial charge in [0.1, 0.15) is 6.10 Å². The molecule has 0 bridgehead atoms. The molecular formula is C8H14N2O3. The molecule has 0 spiro atoms. The van der Waals surface area contributed by atoms with Crippen molar-refractivity contribution < 1.29 is 14.3 Å². The van der Waals surface area contributed by atoms with E-state index in [-0.39, 0.29) is 18.3 Å². The maximum Gasteiger partial charge on any atom is 0.407 e. The summed E-state index contributed by atoms with van der Waals surface area (Å²) in [5.74, 6) is 0. The van der Waals surface area contributed by atoms with Gasteiger partial charge in [-0.15, -0.1) is 0 Å². The third-order valence-corrected chi connectivity index (χ3v) is 2.28. The van der Waals surface area contributed by atoms with E-state index in [1.807, 2.05) is 0 Å². The van der Waals surface area contributed by atoms with Gasteiger partial charge in [0.05, 0.1) is 19.3 Å². The molecule has 5 heteroatoms. The van der Waals surface area contributed by atoms with Crippen molar-refractivity contribution in [2.75, 3.05) is 26.2 Å². The van der Waals surface area contributed by atoms with Crippen LogP contribution in [0.1, 0.15) is 6.42 Å². The number of hydrogen-bond donors (Lipinski definition) is 2. The van der Waals surface area contributed by atoms with Crippen LogP contribution in [0.2, 0.25) is 0 Å². The number of rotatable bonds is 2. The fourth-order valence-corrected chi connectivity index (χ4v) is 1.63. The number of hydrogen-bond acceptors (Lipinski definition) is 4. The average Bonchev–Trinajstić information content (AvgIpc) is 2.53. The van der Waals surface area contributed by atoms with Gasteiger partial charge in [-0.25, -0.2) is 4.79 Å². The summed E-state index contributed by atoms with van der Waals surface area (Å²) in [4.78, 5) is 10.7. The van der Waals surface area contributed by atoms with Crippen molar-refractivity contribution in [3.63, 3.8) is 0 Å². The largest absolute Gasteiger partial charge is 0.444 e. The number of ether oxygens (including phenoxy) is 2. The molecule has 2 aliphatic rings. The monoisotopic (exact) mass is 186 g/mol. The van der Waals surface area contributed by atoms with Gasteiger partial charge < -0.3 is 20.1 Å². The van der Waals surface area contributed by atoms with E-state index in [2.05, 4.69) is 10.6 Å². The summed E-state index contributed by atoms with van der Waals surface area (Å²) in [5, 5.41) is 5.86. The molecule has 74 valence electrons. The Labute approximate surface area is 76.8 Å². The number of morpholine rings is 1. The first-order valence-corrected chi connectivity index (χ1v) is 4.61. The zero-order valence-electron chi connectivity index (χ0n) is 7.41. The van der Waals surface area contributed by atoms with E-state index in [4.69, 9.17) is 9.47 Å². The Morgan fingerprint density at radius 3 is 2.92 bits per heavy atom. The minimum Gasteiger partial charge on any atom is -0.444 e. The molecule has 0 aromatic rings. The zero-order valence-corrected chi connectivity index (χ0v) is 7.41. The van der Waals surface area contributed by atoms with Crippen molar-refractivity contribution in [2.45, 2.75) is 18.6 Å². The van der Waals surface area contributed by atoms with Crippen molar-refractivity contribution >= 4 is 6.09 Å². The van der Waals surface area contributed by atoms with Crippen molar-refractivity contribution in [2.24, 2.45) is 0 Å². The molecule has 0 aliphatic carbocycles. The van der Waals surface area contributed by atoms with Crippen LogP contribution in [0.25, 0.3) is 0 Å². The van der Waals surface area contributed by atoms with E-state index in [1.54, 1.807) is 0 Å². The topological polar surface area (TPSA) is 59.6 Å². The van der Waals surface area contributed by atoms with Crippen LogP contribution in [-0.4, -0.2) is 44.5 Å². The Bertz CT molecular complexity index is 192. The van der Waals surface area contributed by atoms with Crippen molar-refractivity contribution in [3.05, 3.63) is 0 Å². The van der Waals surface area contributed by atoms with Crippen LogP contribution in [0.4, 0.5) is 4.79 Å². The predicted octanol–water partition coefficient (Wildman–Crippen LogP) is -0.527. The summed E-state index contributed by atoms with van der Waals surface area (Å²) in [6.45, 7) is 3.13. The smallest absolute Gasteiger partial charge is 0.407 e. The summed E-state index contributed by atoms with van der Waals surface area (Å²) in [5.41, 5.74) is 0. The quantitative estimate of drug-likeness (QED) is 0.609. The number of alkyl carbamates (subject to hydrolysis) is 1. The van der Waals surface area contributed by atoms with E-state index in [1.165, 1.54) is 0 Å². The predicted molar refractivity (Wildman–Crippen MR) is 45.5 cm³/mol. The molecule has 0 saturated carbocycles. The van der Waals surface area contributed by atoms with E-state index in [0.29, 0.717) is 6.54 Å². The van der Waals surface area contributed by atoms with Crippen LogP contribution in [0, 0.1) is 0 Å². The molecule has 2 N–H and O–H groups in total. The van der Waals surface area contributed by atoms with Crippen LogP contribution in [0.15, 0.2) is 0 Å². The minimum atomic E-state index is -0.311. The molecule has 0 aromatic carbocycles. The van der Waals surface area contributed by atoms with Crippen LogP contribution >= 0.6 is 0 Å². The highest BCUT2D eigenvalue weighted by atomic mass is 16.6. The Morgan fingerprint density at radius 2 is 2.31 bits per heavy atom. The molecule has 2 rings (SSSR count). The lowest BCUT2D eigenvalue weighted by molar-refractivity contribution is 0.000414. The molecule has 13 heavy (non-hydrogen) atoms. The Morgan fingerprint density at radius 1 is 1.38 bits per heavy atom. The summed E-state index contributed by atoms with van der Waals surface area (Å²) in [6.07, 6.45) is 0.642. The normalized spacial score (nSPS) is 34.0. The summed E-state index contributed by atoms with van der Waals surface area (Å²) in [6, 6.07) is 0. The first-order valence-electron chi connectivity index (χ1n) is 4.61. The van der Waals surface area contributed by atoms with E-state index in [0.717, 1.165) is 26.1 Å². The molecular weight excluding hydrogens is 172 g/mol. The number of carbonyl (C=O) groups is 1. The lowest BCUT2D eigenvalue weighted by atomic mass is 10.1. The van der Waals surface area contributed by atoms with Crippen molar-refractivity contribution in [1.82, 2.24) is 10.6 Å². The molecule has 2 heterocycles. The van der Waals surface area contributed by atoms with Gasteiger partial charge in [-0.05, 0) is 0 Å². The molecule has 2 atom stereocenters. The Balaban J connectivity index is 1.73. The third kappa shape index (κ3) is 2.32. The third-order valence-electron chi connectivity index (χ3n) is 2.28. The fourth-order valence-electron chi connectivity index (χ4n) is 1.63. The van der Waals surface area contributed by atoms with Gasteiger partial charge in [0.25, 0.3) is 0 Å². The fraction of sp³-hybridized carbons (Fsp3) is 0.875. The van der Waals surface area contributed by atoms with E-state index in [9.17, 15) is 4.79 Å². The van der Waals surface area contributed by atoms with Crippen LogP contribution in [0.5, 0.6) is 0 Å². The molecule has 1 amide bonds. The molecule has 2 saturated heterocycles. The van der Waals surface area contributed by atoms with Crippen LogP contribution in [-0.2, 0) is 9.47 Å². The van der Waals surface area contributed by atoms with Gasteiger partial charge in [-0.1, -0.05) is 0 Å². The van der Waals surface area contributed by atoms with Gasteiger partial charge in [-0.2, -0.15) is 0 Å². The highest BCUT2D eigenvalue weighted by Crippen LogP contribution is 2.11. The molecule has 5 nitrogen and oxygen atoms in total. The second-order valence-electron chi connectivity index (χ2n) is 3.34. The molecule has 0 aromatic heterocycles. The van der Waals surface area contributed by atoms with Crippen molar-refractivity contribution in [1.29, 1.82) is 0 Å². The number of carbonyl (C=O) groups excluding carboxylic acids is 1. The number of nitrogens with one attached hydrogen (secondary N) is 2. The second-order valence-corrected chi connectivity index (χ2v) is 3.34. The zero-order chi connectivity index (χ0) is 9.10. The first-order chi connectivity index (χ1) is 6.34. The standard InChI is InChI=1S/C8H14N2O3/c11-8-10-5-7(13-8)3-6-4-9-1-2-12-6/h6-7,9H,1-5H2,(H,10,11). The Hall–Kier alpha value is -0.810. The summed E-state index contributed by atoms with van der Waals surface area (Å²) >= 11 is 0. The molecule has 2 aliphatic heterocycles. The highest BCUT2D eigenvalue weighted by molar-refractivity contribution is 5.69. The van der Waals surface area contributed by atoms with Gasteiger partial charge in [0.15, 0.2) is 0 Å². The van der Waals surface area contributed by atoms with Crippen LogP contribution < -0.4 is 10.6 Å². The van der Waals surface area contributed by atoms with E-state index < -0.39 is 0 Å². The molecule has 2 fully saturated rings. The SMILES string of the molecule is O=C1NCC(CC2CNCCO2)O1.